The Morgan fingerprint density at radius 2 is 1.82 bits per heavy atom. The molecule has 0 fully saturated rings. The monoisotopic (exact) mass is 493 g/mol. The fourth-order valence-electron chi connectivity index (χ4n) is 3.35. The van der Waals surface area contributed by atoms with Crippen LogP contribution < -0.4 is 9.62 Å². The Bertz CT molecular complexity index is 1070. The van der Waals surface area contributed by atoms with Crippen molar-refractivity contribution >= 4 is 39.1 Å². The third-order valence-electron chi connectivity index (χ3n) is 5.21. The number of aryl methyl sites for hydroxylation is 1. The van der Waals surface area contributed by atoms with E-state index in [0.29, 0.717) is 17.3 Å². The van der Waals surface area contributed by atoms with Crippen LogP contribution in [0.1, 0.15) is 37.8 Å². The van der Waals surface area contributed by atoms with Gasteiger partial charge in [0.2, 0.25) is 21.8 Å². The summed E-state index contributed by atoms with van der Waals surface area (Å²) in [6, 6.07) is 13.2. The van der Waals surface area contributed by atoms with E-state index in [1.807, 2.05) is 26.0 Å². The molecule has 1 N–H and O–H groups in total. The SMILES string of the molecule is CCCCNC(=O)[C@H](C)N(Cc1cccc(Cl)c1)C(=O)CN(c1cccc(C)c1)S(C)(=O)=O. The van der Waals surface area contributed by atoms with Gasteiger partial charge in [-0.15, -0.1) is 0 Å². The van der Waals surface area contributed by atoms with Gasteiger partial charge in [-0.1, -0.05) is 49.2 Å². The molecule has 9 heteroatoms. The number of nitrogens with zero attached hydrogens (tertiary/aromatic N) is 2. The Morgan fingerprint density at radius 1 is 1.12 bits per heavy atom. The van der Waals surface area contributed by atoms with Gasteiger partial charge in [-0.05, 0) is 55.7 Å². The molecule has 33 heavy (non-hydrogen) atoms. The summed E-state index contributed by atoms with van der Waals surface area (Å²) in [6.07, 6.45) is 2.82. The molecule has 2 aromatic rings. The molecule has 0 saturated heterocycles. The molecule has 0 saturated carbocycles. The predicted octanol–water partition coefficient (Wildman–Crippen LogP) is 3.75. The molecule has 1 atom stereocenters. The van der Waals surface area contributed by atoms with Gasteiger partial charge in [0.25, 0.3) is 0 Å². The number of rotatable bonds is 11. The molecule has 0 radical (unpaired) electrons. The number of nitrogens with one attached hydrogen (secondary N) is 1. The van der Waals surface area contributed by atoms with Crippen LogP contribution >= 0.6 is 11.6 Å². The molecule has 2 rings (SSSR count). The molecule has 2 amide bonds. The normalized spacial score (nSPS) is 12.2. The zero-order valence-corrected chi connectivity index (χ0v) is 21.1. The Labute approximate surface area is 201 Å². The second-order valence-corrected chi connectivity index (χ2v) is 10.4. The van der Waals surface area contributed by atoms with E-state index in [-0.39, 0.29) is 12.5 Å². The highest BCUT2D eigenvalue weighted by Crippen LogP contribution is 2.21. The highest BCUT2D eigenvalue weighted by molar-refractivity contribution is 7.92. The van der Waals surface area contributed by atoms with Gasteiger partial charge in [-0.3, -0.25) is 13.9 Å². The van der Waals surface area contributed by atoms with E-state index in [4.69, 9.17) is 11.6 Å². The van der Waals surface area contributed by atoms with Crippen molar-refractivity contribution in [3.63, 3.8) is 0 Å². The van der Waals surface area contributed by atoms with Crippen molar-refractivity contribution in [3.05, 3.63) is 64.7 Å². The summed E-state index contributed by atoms with van der Waals surface area (Å²) in [5, 5.41) is 3.36. The molecular weight excluding hydrogens is 462 g/mol. The van der Waals surface area contributed by atoms with Gasteiger partial charge in [0.05, 0.1) is 11.9 Å². The first kappa shape index (κ1) is 26.7. The first-order chi connectivity index (χ1) is 15.5. The highest BCUT2D eigenvalue weighted by Gasteiger charge is 2.30. The first-order valence-corrected chi connectivity index (χ1v) is 13.1. The van der Waals surface area contributed by atoms with E-state index >= 15 is 0 Å². The average molecular weight is 494 g/mol. The van der Waals surface area contributed by atoms with E-state index < -0.39 is 28.5 Å². The van der Waals surface area contributed by atoms with Crippen LogP contribution in [0.4, 0.5) is 5.69 Å². The maximum absolute atomic E-state index is 13.4. The van der Waals surface area contributed by atoms with Crippen LogP contribution in [0, 0.1) is 6.92 Å². The number of anilines is 1. The van der Waals surface area contributed by atoms with E-state index in [1.54, 1.807) is 43.3 Å². The van der Waals surface area contributed by atoms with Crippen LogP contribution in [0.2, 0.25) is 5.02 Å². The van der Waals surface area contributed by atoms with Crippen molar-refractivity contribution < 1.29 is 18.0 Å². The molecule has 0 aliphatic rings. The molecule has 0 bridgehead atoms. The Hall–Kier alpha value is -2.58. The van der Waals surface area contributed by atoms with Crippen molar-refractivity contribution in [2.24, 2.45) is 0 Å². The number of carbonyl (C=O) groups excluding carboxylic acids is 2. The second kappa shape index (κ2) is 12.0. The van der Waals surface area contributed by atoms with E-state index in [9.17, 15) is 18.0 Å². The van der Waals surface area contributed by atoms with Crippen LogP contribution in [0.3, 0.4) is 0 Å². The summed E-state index contributed by atoms with van der Waals surface area (Å²) < 4.78 is 26.1. The topological polar surface area (TPSA) is 86.8 Å². The molecular formula is C24H32ClN3O4S. The number of amides is 2. The summed E-state index contributed by atoms with van der Waals surface area (Å²) in [7, 11) is -3.74. The van der Waals surface area contributed by atoms with Gasteiger partial charge in [0.1, 0.15) is 12.6 Å². The molecule has 0 aromatic heterocycles. The Morgan fingerprint density at radius 3 is 2.42 bits per heavy atom. The minimum absolute atomic E-state index is 0.118. The summed E-state index contributed by atoms with van der Waals surface area (Å²) in [5.74, 6) is -0.777. The number of hydrogen-bond acceptors (Lipinski definition) is 4. The number of sulfonamides is 1. The van der Waals surface area contributed by atoms with Crippen molar-refractivity contribution in [1.29, 1.82) is 0 Å². The number of benzene rings is 2. The standard InChI is InChI=1S/C24H32ClN3O4S/c1-5-6-13-26-24(30)19(3)27(16-20-10-8-11-21(25)15-20)23(29)17-28(33(4,31)32)22-12-7-9-18(2)14-22/h7-12,14-15,19H,5-6,13,16-17H2,1-4H3,(H,26,30)/t19-/m0/s1. The minimum atomic E-state index is -3.74. The van der Waals surface area contributed by atoms with Gasteiger partial charge in [0, 0.05) is 18.1 Å². The van der Waals surface area contributed by atoms with Crippen LogP contribution in [-0.2, 0) is 26.2 Å². The largest absolute Gasteiger partial charge is 0.354 e. The number of hydrogen-bond donors (Lipinski definition) is 1. The van der Waals surface area contributed by atoms with Gasteiger partial charge in [0.15, 0.2) is 0 Å². The molecule has 180 valence electrons. The lowest BCUT2D eigenvalue weighted by Crippen LogP contribution is -2.51. The second-order valence-electron chi connectivity index (χ2n) is 8.08. The highest BCUT2D eigenvalue weighted by atomic mass is 35.5. The van der Waals surface area contributed by atoms with Gasteiger partial charge in [-0.2, -0.15) is 0 Å². The zero-order chi connectivity index (χ0) is 24.6. The average Bonchev–Trinajstić information content (AvgIpc) is 2.74. The lowest BCUT2D eigenvalue weighted by Gasteiger charge is -2.31. The van der Waals surface area contributed by atoms with Gasteiger partial charge >= 0.3 is 0 Å². The van der Waals surface area contributed by atoms with Crippen LogP contribution in [0.25, 0.3) is 0 Å². The van der Waals surface area contributed by atoms with E-state index in [0.717, 1.165) is 34.5 Å². The molecule has 0 aliphatic carbocycles. The molecule has 0 heterocycles. The third kappa shape index (κ3) is 8.05. The van der Waals surface area contributed by atoms with Gasteiger partial charge in [-0.25, -0.2) is 8.42 Å². The Kier molecular flexibility index (Phi) is 9.73. The molecule has 7 nitrogen and oxygen atoms in total. The summed E-state index contributed by atoms with van der Waals surface area (Å²) in [5.41, 5.74) is 2.01. The van der Waals surface area contributed by atoms with Crippen molar-refractivity contribution in [1.82, 2.24) is 10.2 Å². The van der Waals surface area contributed by atoms with Crippen LogP contribution in [-0.4, -0.2) is 50.5 Å². The number of unbranched alkanes of at least 4 members (excludes halogenated alkanes) is 1. The summed E-state index contributed by atoms with van der Waals surface area (Å²) >= 11 is 6.10. The fraction of sp³-hybridized carbons (Fsp3) is 0.417. The lowest BCUT2D eigenvalue weighted by molar-refractivity contribution is -0.139. The van der Waals surface area contributed by atoms with E-state index in [2.05, 4.69) is 5.32 Å². The summed E-state index contributed by atoms with van der Waals surface area (Å²) in [6.45, 7) is 5.72. The van der Waals surface area contributed by atoms with Crippen molar-refractivity contribution in [3.8, 4) is 0 Å². The number of halogens is 1. The molecule has 2 aromatic carbocycles. The van der Waals surface area contributed by atoms with Crippen molar-refractivity contribution in [2.75, 3.05) is 23.7 Å². The first-order valence-electron chi connectivity index (χ1n) is 10.9. The minimum Gasteiger partial charge on any atom is -0.354 e. The van der Waals surface area contributed by atoms with Gasteiger partial charge < -0.3 is 10.2 Å². The maximum atomic E-state index is 13.4. The molecule has 0 spiro atoms. The number of carbonyl (C=O) groups is 2. The lowest BCUT2D eigenvalue weighted by atomic mass is 10.1. The van der Waals surface area contributed by atoms with E-state index in [1.165, 1.54) is 4.90 Å². The smallest absolute Gasteiger partial charge is 0.244 e. The van der Waals surface area contributed by atoms with Crippen LogP contribution in [0.15, 0.2) is 48.5 Å². The predicted molar refractivity (Wildman–Crippen MR) is 133 cm³/mol. The molecule has 0 unspecified atom stereocenters. The fourth-order valence-corrected chi connectivity index (χ4v) is 4.40. The van der Waals surface area contributed by atoms with Crippen LogP contribution in [0.5, 0.6) is 0 Å². The quantitative estimate of drug-likeness (QED) is 0.483. The molecule has 0 aliphatic heterocycles. The zero-order valence-electron chi connectivity index (χ0n) is 19.5. The van der Waals surface area contributed by atoms with Crippen molar-refractivity contribution in [2.45, 2.75) is 46.2 Å². The Balaban J connectivity index is 2.34. The maximum Gasteiger partial charge on any atom is 0.244 e. The summed E-state index contributed by atoms with van der Waals surface area (Å²) in [4.78, 5) is 27.6. The third-order valence-corrected chi connectivity index (χ3v) is 6.58.